The first kappa shape index (κ1) is 34.4. The van der Waals surface area contributed by atoms with E-state index in [1.807, 2.05) is 54.6 Å². The molecule has 0 saturated carbocycles. The summed E-state index contributed by atoms with van der Waals surface area (Å²) in [6.07, 6.45) is 8.07. The van der Waals surface area contributed by atoms with Gasteiger partial charge in [0, 0.05) is 24.3 Å². The molecule has 1 unspecified atom stereocenters. The predicted octanol–water partition coefficient (Wildman–Crippen LogP) is 5.22. The summed E-state index contributed by atoms with van der Waals surface area (Å²) in [4.78, 5) is 50.0. The lowest BCUT2D eigenvalue weighted by atomic mass is 9.91. The maximum atomic E-state index is 12.6. The standard InChI is InChI=1S/C49H26N4O8/c54-45(55)28-10-4-8-26(20-28)42-35-14-12-33-41(25-6-2-1-3-7-25)34-13-15-36-43(27-9-5-11-29(21-27)46(56)57)38-17-19-40-44(30-22-31(47(58)59)24-32(23-30)48(60)61)39-18-16-37(42)52(39)49(50(33)35,51(34)36)53(38)40/h1-24H,(H2-2,54,55,56,57,58,59,60,61)/p+2. The third-order valence-electron chi connectivity index (χ3n) is 12.3. The minimum atomic E-state index is -1.28. The van der Waals surface area contributed by atoms with Gasteiger partial charge in [-0.3, -0.25) is 0 Å². The summed E-state index contributed by atoms with van der Waals surface area (Å²) in [6.45, 7) is 0. The van der Waals surface area contributed by atoms with Crippen molar-refractivity contribution in [3.05, 3.63) is 224 Å². The van der Waals surface area contributed by atoms with E-state index < -0.39 is 29.8 Å². The van der Waals surface area contributed by atoms with Crippen molar-refractivity contribution >= 4 is 57.6 Å². The first-order valence-electron chi connectivity index (χ1n) is 19.3. The number of rotatable bonds is 8. The molecule has 0 amide bonds. The maximum absolute atomic E-state index is 12.6. The second-order valence-corrected chi connectivity index (χ2v) is 15.4. The number of hydrogen-bond acceptors (Lipinski definition) is 4. The topological polar surface area (TPSA) is 165 Å². The van der Waals surface area contributed by atoms with E-state index in [1.165, 1.54) is 12.1 Å². The highest BCUT2D eigenvalue weighted by Crippen LogP contribution is 2.53. The summed E-state index contributed by atoms with van der Waals surface area (Å²) < 4.78 is 8.92. The molecule has 0 saturated heterocycles. The SMILES string of the molecule is O=C(O)c1cccc(C2=C3C=CC4=[N+]3C35n6c2ccc6C(c2cc(C(=O)O)cc(C(=O)O)c2)=C2C=CC(=[N+]23)C(c2cccc(C(=O)O)c2)=c2ccc(n25)=C4c2ccccc2)c1. The number of carbonyl (C=O) groups is 4. The molecule has 1 spiro atoms. The number of hydrogen-bond donors (Lipinski definition) is 4. The fourth-order valence-electron chi connectivity index (χ4n) is 10.1. The number of benzene rings is 4. The second-order valence-electron chi connectivity index (χ2n) is 15.4. The van der Waals surface area contributed by atoms with Crippen LogP contribution in [0.25, 0.3) is 22.3 Å². The number of aromatic carboxylic acids is 4. The largest absolute Gasteiger partial charge is 0.553 e. The Morgan fingerprint density at radius 2 is 0.852 bits per heavy atom. The van der Waals surface area contributed by atoms with Gasteiger partial charge in [-0.05, 0) is 89.0 Å². The van der Waals surface area contributed by atoms with Gasteiger partial charge in [0.05, 0.1) is 66.6 Å². The van der Waals surface area contributed by atoms with E-state index in [1.54, 1.807) is 36.4 Å². The van der Waals surface area contributed by atoms with Gasteiger partial charge < -0.3 is 20.4 Å². The average Bonchev–Trinajstić information content (AvgIpc) is 4.10. The van der Waals surface area contributed by atoms with Crippen molar-refractivity contribution in [2.24, 2.45) is 0 Å². The fraction of sp³-hybridized carbons (Fsp3) is 0.0204. The van der Waals surface area contributed by atoms with Crippen LogP contribution in [-0.4, -0.2) is 74.0 Å². The molecule has 4 N–H and O–H groups in total. The lowest BCUT2D eigenvalue weighted by Gasteiger charge is -2.41. The molecule has 6 aliphatic heterocycles. The molecule has 12 nitrogen and oxygen atoms in total. The molecule has 0 radical (unpaired) electrons. The summed E-state index contributed by atoms with van der Waals surface area (Å²) in [7, 11) is 0. The molecule has 2 aromatic heterocycles. The van der Waals surface area contributed by atoms with Crippen molar-refractivity contribution < 1.29 is 48.8 Å². The normalized spacial score (nSPS) is 18.3. The fourth-order valence-corrected chi connectivity index (χ4v) is 10.1. The molecular formula is C49H28N4O8+2. The molecule has 12 rings (SSSR count). The van der Waals surface area contributed by atoms with Crippen LogP contribution in [0.4, 0.5) is 0 Å². The number of carboxylic acids is 4. The number of nitrogens with zero attached hydrogens (tertiary/aromatic N) is 4. The Morgan fingerprint density at radius 1 is 0.410 bits per heavy atom. The first-order chi connectivity index (χ1) is 29.6. The average molecular weight is 801 g/mol. The van der Waals surface area contributed by atoms with Crippen molar-refractivity contribution in [2.75, 3.05) is 0 Å². The zero-order valence-electron chi connectivity index (χ0n) is 31.6. The van der Waals surface area contributed by atoms with Crippen LogP contribution in [0.2, 0.25) is 0 Å². The maximum Gasteiger partial charge on any atom is 0.553 e. The summed E-state index contributed by atoms with van der Waals surface area (Å²) in [6, 6.07) is 35.8. The highest BCUT2D eigenvalue weighted by Gasteiger charge is 2.73. The van der Waals surface area contributed by atoms with Crippen LogP contribution in [0.1, 0.15) is 75.1 Å². The van der Waals surface area contributed by atoms with E-state index >= 15 is 0 Å². The summed E-state index contributed by atoms with van der Waals surface area (Å²) in [5.41, 5.74) is 9.94. The highest BCUT2D eigenvalue weighted by molar-refractivity contribution is 6.29. The van der Waals surface area contributed by atoms with Crippen LogP contribution in [0, 0.1) is 0 Å². The predicted molar refractivity (Wildman–Crippen MR) is 221 cm³/mol. The Balaban J connectivity index is 1.31. The molecule has 6 aromatic rings. The molecule has 8 heterocycles. The highest BCUT2D eigenvalue weighted by atomic mass is 16.4. The van der Waals surface area contributed by atoms with Crippen molar-refractivity contribution in [3.8, 4) is 0 Å². The molecule has 12 heteroatoms. The molecule has 1 atom stereocenters. The molecular weight excluding hydrogens is 773 g/mol. The van der Waals surface area contributed by atoms with Crippen LogP contribution in [0.3, 0.4) is 0 Å². The van der Waals surface area contributed by atoms with E-state index in [4.69, 9.17) is 0 Å². The van der Waals surface area contributed by atoms with Crippen molar-refractivity contribution in [3.63, 3.8) is 0 Å². The van der Waals surface area contributed by atoms with Gasteiger partial charge in [0.25, 0.3) is 0 Å². The zero-order valence-corrected chi connectivity index (χ0v) is 31.6. The molecule has 4 aromatic carbocycles. The van der Waals surface area contributed by atoms with Crippen LogP contribution in [0.5, 0.6) is 0 Å². The van der Waals surface area contributed by atoms with Gasteiger partial charge in [0.15, 0.2) is 0 Å². The molecule has 0 aliphatic carbocycles. The number of allylic oxidation sites excluding steroid dienone is 4. The molecule has 290 valence electrons. The summed E-state index contributed by atoms with van der Waals surface area (Å²) in [5.74, 6) is -5.98. The lowest BCUT2D eigenvalue weighted by Crippen LogP contribution is -2.71. The van der Waals surface area contributed by atoms with Crippen molar-refractivity contribution in [2.45, 2.75) is 5.91 Å². The van der Waals surface area contributed by atoms with Crippen LogP contribution in [0.15, 0.2) is 157 Å². The van der Waals surface area contributed by atoms with Gasteiger partial charge in [-0.15, -0.1) is 0 Å². The lowest BCUT2D eigenvalue weighted by molar-refractivity contribution is -0.834. The molecule has 6 aliphatic rings. The molecule has 0 fully saturated rings. The Morgan fingerprint density at radius 3 is 1.36 bits per heavy atom. The molecule has 61 heavy (non-hydrogen) atoms. The summed E-state index contributed by atoms with van der Waals surface area (Å²) in [5, 5.41) is 42.5. The Bertz CT molecular complexity index is 3500. The van der Waals surface area contributed by atoms with Gasteiger partial charge >= 0.3 is 29.8 Å². The second kappa shape index (κ2) is 11.7. The van der Waals surface area contributed by atoms with E-state index in [2.05, 4.69) is 54.7 Å². The smallest absolute Gasteiger partial charge is 0.478 e. The van der Waals surface area contributed by atoms with Gasteiger partial charge in [-0.25, -0.2) is 19.2 Å². The van der Waals surface area contributed by atoms with E-state index in [9.17, 15) is 39.6 Å². The third-order valence-corrected chi connectivity index (χ3v) is 12.3. The van der Waals surface area contributed by atoms with Crippen molar-refractivity contribution in [1.29, 1.82) is 0 Å². The van der Waals surface area contributed by atoms with Gasteiger partial charge in [0.1, 0.15) is 0 Å². The van der Waals surface area contributed by atoms with Gasteiger partial charge in [-0.1, -0.05) is 63.7 Å². The number of carboxylic acid groups (broad SMARTS) is 4. The van der Waals surface area contributed by atoms with E-state index in [0.29, 0.717) is 33.7 Å². The third kappa shape index (κ3) is 4.26. The van der Waals surface area contributed by atoms with Crippen LogP contribution < -0.4 is 10.7 Å². The molecule has 0 bridgehead atoms. The van der Waals surface area contributed by atoms with E-state index in [0.717, 1.165) is 61.9 Å². The quantitative estimate of drug-likeness (QED) is 0.152. The first-order valence-corrected chi connectivity index (χ1v) is 19.3. The van der Waals surface area contributed by atoms with Crippen LogP contribution in [-0.2, 0) is 5.91 Å². The zero-order chi connectivity index (χ0) is 41.6. The minimum Gasteiger partial charge on any atom is -0.478 e. The van der Waals surface area contributed by atoms with Crippen molar-refractivity contribution in [1.82, 2.24) is 9.13 Å². The summed E-state index contributed by atoms with van der Waals surface area (Å²) >= 11 is 0. The Hall–Kier alpha value is -8.64. The van der Waals surface area contributed by atoms with Crippen LogP contribution >= 0.6 is 0 Å². The Labute approximate surface area is 344 Å². The Kier molecular flexibility index (Phi) is 6.62. The van der Waals surface area contributed by atoms with Gasteiger partial charge in [-0.2, -0.15) is 9.13 Å². The minimum absolute atomic E-state index is 0.113. The number of aromatic nitrogens is 2. The van der Waals surface area contributed by atoms with Gasteiger partial charge in [0.2, 0.25) is 22.8 Å². The van der Waals surface area contributed by atoms with E-state index in [-0.39, 0.29) is 22.3 Å². The monoisotopic (exact) mass is 800 g/mol.